The molecule has 0 unspecified atom stereocenters. The molecule has 1 amide bonds. The van der Waals surface area contributed by atoms with Crippen LogP contribution in [0.4, 0.5) is 0 Å². The van der Waals surface area contributed by atoms with Crippen molar-refractivity contribution < 1.29 is 9.53 Å². The van der Waals surface area contributed by atoms with Gasteiger partial charge >= 0.3 is 0 Å². The van der Waals surface area contributed by atoms with Crippen molar-refractivity contribution in [3.63, 3.8) is 0 Å². The Labute approximate surface area is 143 Å². The van der Waals surface area contributed by atoms with Gasteiger partial charge in [-0.3, -0.25) is 4.79 Å². The average molecular weight is 337 g/mol. The predicted octanol–water partition coefficient (Wildman–Crippen LogP) is 2.77. The minimum absolute atomic E-state index is 0.0790. The zero-order valence-electron chi connectivity index (χ0n) is 15.0. The molecule has 2 rings (SSSR count). The molecule has 128 valence electrons. The predicted molar refractivity (Wildman–Crippen MR) is 92.8 cm³/mol. The Morgan fingerprint density at radius 3 is 2.48 bits per heavy atom. The maximum absolute atomic E-state index is 12.6. The molecule has 1 atom stereocenters. The molecule has 1 aliphatic rings. The summed E-state index contributed by atoms with van der Waals surface area (Å²) in [4.78, 5) is 23.5. The fraction of sp³-hybridized carbons (Fsp3) is 0.706. The Balaban J connectivity index is 2.02. The van der Waals surface area contributed by atoms with Gasteiger partial charge in [-0.05, 0) is 52.9 Å². The van der Waals surface area contributed by atoms with E-state index in [1.165, 1.54) is 0 Å². The first-order valence-corrected chi connectivity index (χ1v) is 9.28. The number of morpholine rings is 1. The molecular formula is C17H27N3O2S. The Bertz CT molecular complexity index is 566. The molecule has 2 heterocycles. The van der Waals surface area contributed by atoms with Crippen LogP contribution >= 0.6 is 11.8 Å². The molecule has 0 N–H and O–H groups in total. The van der Waals surface area contributed by atoms with E-state index >= 15 is 0 Å². The minimum Gasteiger partial charge on any atom is -0.369 e. The summed E-state index contributed by atoms with van der Waals surface area (Å²) in [7, 11) is 0. The Morgan fingerprint density at radius 2 is 1.96 bits per heavy atom. The van der Waals surface area contributed by atoms with E-state index in [1.807, 2.05) is 45.8 Å². The maximum Gasteiger partial charge on any atom is 0.223 e. The number of carbonyl (C=O) groups is 1. The molecule has 0 aliphatic carbocycles. The summed E-state index contributed by atoms with van der Waals surface area (Å²) in [6.45, 7) is 11.4. The normalized spacial score (nSPS) is 20.6. The summed E-state index contributed by atoms with van der Waals surface area (Å²) in [5.74, 6) is 0.181. The summed E-state index contributed by atoms with van der Waals surface area (Å²) >= 11 is 1.54. The van der Waals surface area contributed by atoms with Crippen molar-refractivity contribution >= 4 is 17.7 Å². The lowest BCUT2D eigenvalue weighted by Gasteiger charge is -2.41. The Morgan fingerprint density at radius 1 is 1.35 bits per heavy atom. The maximum atomic E-state index is 12.6. The highest BCUT2D eigenvalue weighted by Crippen LogP contribution is 2.22. The number of rotatable bonds is 4. The lowest BCUT2D eigenvalue weighted by molar-refractivity contribution is -0.158. The zero-order valence-corrected chi connectivity index (χ0v) is 15.8. The fourth-order valence-corrected chi connectivity index (χ4v) is 3.65. The van der Waals surface area contributed by atoms with Crippen molar-refractivity contribution in [3.05, 3.63) is 17.0 Å². The van der Waals surface area contributed by atoms with E-state index in [0.29, 0.717) is 25.9 Å². The van der Waals surface area contributed by atoms with Crippen molar-refractivity contribution in [2.24, 2.45) is 0 Å². The van der Waals surface area contributed by atoms with Crippen LogP contribution in [-0.4, -0.2) is 51.8 Å². The molecule has 1 aromatic rings. The Hall–Kier alpha value is -1.14. The van der Waals surface area contributed by atoms with Crippen molar-refractivity contribution in [1.82, 2.24) is 14.9 Å². The van der Waals surface area contributed by atoms with Crippen LogP contribution in [0.5, 0.6) is 0 Å². The van der Waals surface area contributed by atoms with Crippen molar-refractivity contribution in [3.8, 4) is 0 Å². The van der Waals surface area contributed by atoms with Crippen LogP contribution in [0.3, 0.4) is 0 Å². The smallest absolute Gasteiger partial charge is 0.223 e. The third kappa shape index (κ3) is 4.67. The highest BCUT2D eigenvalue weighted by Gasteiger charge is 2.33. The monoisotopic (exact) mass is 337 g/mol. The molecule has 1 fully saturated rings. The van der Waals surface area contributed by atoms with Crippen LogP contribution in [0.25, 0.3) is 0 Å². The van der Waals surface area contributed by atoms with E-state index in [2.05, 4.69) is 9.97 Å². The molecule has 1 aliphatic heterocycles. The topological polar surface area (TPSA) is 55.3 Å². The van der Waals surface area contributed by atoms with Gasteiger partial charge in [0.1, 0.15) is 0 Å². The van der Waals surface area contributed by atoms with Gasteiger partial charge in [-0.2, -0.15) is 0 Å². The van der Waals surface area contributed by atoms with Crippen molar-refractivity contribution in [2.75, 3.05) is 19.3 Å². The lowest BCUT2D eigenvalue weighted by Crippen LogP contribution is -2.53. The van der Waals surface area contributed by atoms with Gasteiger partial charge in [-0.15, -0.1) is 0 Å². The first-order valence-electron chi connectivity index (χ1n) is 8.05. The van der Waals surface area contributed by atoms with E-state index in [1.54, 1.807) is 11.8 Å². The molecule has 23 heavy (non-hydrogen) atoms. The molecule has 0 saturated carbocycles. The quantitative estimate of drug-likeness (QED) is 0.625. The lowest BCUT2D eigenvalue weighted by atomic mass is 10.0. The first kappa shape index (κ1) is 18.2. The summed E-state index contributed by atoms with van der Waals surface area (Å²) in [5, 5.41) is 0.791. The number of aryl methyl sites for hydroxylation is 2. The third-order valence-electron chi connectivity index (χ3n) is 4.09. The number of carbonyl (C=O) groups excluding carboxylic acids is 1. The molecule has 0 radical (unpaired) electrons. The van der Waals surface area contributed by atoms with E-state index in [4.69, 9.17) is 4.74 Å². The van der Waals surface area contributed by atoms with Crippen LogP contribution < -0.4 is 0 Å². The summed E-state index contributed by atoms with van der Waals surface area (Å²) in [6.07, 6.45) is 3.23. The standard InChI is InChI=1S/C17H27N3O2S/c1-11-9-20(10-17(4,5)22-11)15(21)8-7-14-12(2)18-16(23-6)19-13(14)3/h11H,7-10H2,1-6H3/t11-/m1/s1. The third-order valence-corrected chi connectivity index (χ3v) is 4.64. The SMILES string of the molecule is CSc1nc(C)c(CCC(=O)N2C[C@@H](C)OC(C)(C)C2)c(C)n1. The number of hydrogen-bond donors (Lipinski definition) is 0. The van der Waals surface area contributed by atoms with E-state index in [0.717, 1.165) is 22.1 Å². The van der Waals surface area contributed by atoms with Gasteiger partial charge in [-0.25, -0.2) is 9.97 Å². The van der Waals surface area contributed by atoms with Crippen molar-refractivity contribution in [2.45, 2.75) is 64.3 Å². The van der Waals surface area contributed by atoms with Gasteiger partial charge in [0.05, 0.1) is 11.7 Å². The number of nitrogens with zero attached hydrogens (tertiary/aromatic N) is 3. The number of amides is 1. The fourth-order valence-electron chi connectivity index (χ4n) is 3.20. The molecule has 0 spiro atoms. The molecule has 1 saturated heterocycles. The van der Waals surface area contributed by atoms with E-state index < -0.39 is 0 Å². The van der Waals surface area contributed by atoms with Crippen LogP contribution in [0.1, 0.15) is 44.1 Å². The van der Waals surface area contributed by atoms with E-state index in [-0.39, 0.29) is 17.6 Å². The number of hydrogen-bond acceptors (Lipinski definition) is 5. The largest absolute Gasteiger partial charge is 0.369 e. The van der Waals surface area contributed by atoms with Crippen molar-refractivity contribution in [1.29, 1.82) is 0 Å². The number of ether oxygens (including phenoxy) is 1. The zero-order chi connectivity index (χ0) is 17.2. The summed E-state index contributed by atoms with van der Waals surface area (Å²) < 4.78 is 5.86. The second kappa shape index (κ2) is 7.18. The summed E-state index contributed by atoms with van der Waals surface area (Å²) in [6, 6.07) is 0. The Kier molecular flexibility index (Phi) is 5.68. The first-order chi connectivity index (χ1) is 10.7. The second-order valence-corrected chi connectivity index (χ2v) is 7.60. The van der Waals surface area contributed by atoms with Gasteiger partial charge < -0.3 is 9.64 Å². The van der Waals surface area contributed by atoms with Gasteiger partial charge in [0.2, 0.25) is 5.91 Å². The van der Waals surface area contributed by atoms with Gasteiger partial charge in [0, 0.05) is 30.9 Å². The number of aromatic nitrogens is 2. The van der Waals surface area contributed by atoms with Crippen LogP contribution in [0.2, 0.25) is 0 Å². The van der Waals surface area contributed by atoms with E-state index in [9.17, 15) is 4.79 Å². The highest BCUT2D eigenvalue weighted by atomic mass is 32.2. The molecule has 5 nitrogen and oxygen atoms in total. The second-order valence-electron chi connectivity index (χ2n) is 6.82. The van der Waals surface area contributed by atoms with Crippen LogP contribution in [0.15, 0.2) is 5.16 Å². The average Bonchev–Trinajstić information content (AvgIpc) is 2.43. The van der Waals surface area contributed by atoms with Gasteiger partial charge in [0.25, 0.3) is 0 Å². The molecular weight excluding hydrogens is 310 g/mol. The van der Waals surface area contributed by atoms with Gasteiger partial charge in [0.15, 0.2) is 5.16 Å². The molecule has 6 heteroatoms. The van der Waals surface area contributed by atoms with Crippen LogP contribution in [0, 0.1) is 13.8 Å². The van der Waals surface area contributed by atoms with Gasteiger partial charge in [-0.1, -0.05) is 11.8 Å². The minimum atomic E-state index is -0.276. The summed E-state index contributed by atoms with van der Waals surface area (Å²) in [5.41, 5.74) is 2.77. The van der Waals surface area contributed by atoms with Crippen LogP contribution in [-0.2, 0) is 16.0 Å². The molecule has 1 aromatic heterocycles. The number of thioether (sulfide) groups is 1. The highest BCUT2D eigenvalue weighted by molar-refractivity contribution is 7.98. The molecule has 0 bridgehead atoms. The molecule has 0 aromatic carbocycles.